The van der Waals surface area contributed by atoms with E-state index < -0.39 is 0 Å². The van der Waals surface area contributed by atoms with Crippen LogP contribution in [0.15, 0.2) is 34.1 Å². The summed E-state index contributed by atoms with van der Waals surface area (Å²) in [5.41, 5.74) is 2.72. The van der Waals surface area contributed by atoms with Gasteiger partial charge in [-0.1, -0.05) is 11.6 Å². The highest BCUT2D eigenvalue weighted by atomic mass is 35.5. The maximum Gasteiger partial charge on any atom is 0.192 e. The highest BCUT2D eigenvalue weighted by Gasteiger charge is 2.03. The van der Waals surface area contributed by atoms with Crippen molar-refractivity contribution in [1.29, 1.82) is 0 Å². The van der Waals surface area contributed by atoms with Crippen LogP contribution >= 0.6 is 22.9 Å². The van der Waals surface area contributed by atoms with Gasteiger partial charge in [-0.2, -0.15) is 0 Å². The Morgan fingerprint density at radius 3 is 3.06 bits per heavy atom. The van der Waals surface area contributed by atoms with E-state index in [0.717, 1.165) is 28.4 Å². The molecule has 2 aromatic heterocycles. The third kappa shape index (κ3) is 2.35. The molecule has 3 rings (SSSR count). The standard InChI is InChI=1S/C13H11ClN2OS/c1-8-16-12-5-10(2-3-13(12)17-8)15-6-11-4-9(14)7-18-11/h2-5,7,15H,6H2,1H3. The first-order valence-electron chi connectivity index (χ1n) is 5.55. The molecule has 0 radical (unpaired) electrons. The number of hydrogen-bond donors (Lipinski definition) is 1. The predicted molar refractivity (Wildman–Crippen MR) is 75.4 cm³/mol. The molecule has 0 aliphatic rings. The molecule has 0 unspecified atom stereocenters. The minimum absolute atomic E-state index is 0.687. The average molecular weight is 279 g/mol. The van der Waals surface area contributed by atoms with Crippen LogP contribution in [0, 0.1) is 6.92 Å². The second kappa shape index (κ2) is 4.63. The smallest absolute Gasteiger partial charge is 0.192 e. The first kappa shape index (κ1) is 11.6. The Labute approximate surface area is 113 Å². The number of thiophene rings is 1. The summed E-state index contributed by atoms with van der Waals surface area (Å²) >= 11 is 7.53. The fourth-order valence-corrected chi connectivity index (χ4v) is 2.80. The van der Waals surface area contributed by atoms with Gasteiger partial charge < -0.3 is 9.73 Å². The molecule has 0 fully saturated rings. The molecule has 0 bridgehead atoms. The number of halogens is 1. The van der Waals surface area contributed by atoms with Crippen LogP contribution in [0.2, 0.25) is 5.02 Å². The average Bonchev–Trinajstić information content (AvgIpc) is 2.90. The molecule has 0 aliphatic heterocycles. The van der Waals surface area contributed by atoms with Crippen LogP contribution in [0.3, 0.4) is 0 Å². The zero-order chi connectivity index (χ0) is 12.5. The number of nitrogens with one attached hydrogen (secondary N) is 1. The lowest BCUT2D eigenvalue weighted by molar-refractivity contribution is 0.561. The van der Waals surface area contributed by atoms with Gasteiger partial charge in [0.1, 0.15) is 5.52 Å². The first-order chi connectivity index (χ1) is 8.70. The summed E-state index contributed by atoms with van der Waals surface area (Å²) < 4.78 is 5.43. The van der Waals surface area contributed by atoms with E-state index in [4.69, 9.17) is 16.0 Å². The minimum atomic E-state index is 0.687. The summed E-state index contributed by atoms with van der Waals surface area (Å²) in [5.74, 6) is 0.687. The molecule has 3 nitrogen and oxygen atoms in total. The monoisotopic (exact) mass is 278 g/mol. The van der Waals surface area contributed by atoms with Crippen LogP contribution in [-0.2, 0) is 6.54 Å². The Balaban J connectivity index is 1.78. The molecule has 0 atom stereocenters. The van der Waals surface area contributed by atoms with Crippen molar-refractivity contribution in [2.75, 3.05) is 5.32 Å². The zero-order valence-corrected chi connectivity index (χ0v) is 11.3. The number of rotatable bonds is 3. The van der Waals surface area contributed by atoms with Crippen LogP contribution in [0.5, 0.6) is 0 Å². The van der Waals surface area contributed by atoms with Gasteiger partial charge >= 0.3 is 0 Å². The molecule has 0 spiro atoms. The Morgan fingerprint density at radius 1 is 1.39 bits per heavy atom. The van der Waals surface area contributed by atoms with Gasteiger partial charge in [-0.3, -0.25) is 0 Å². The Bertz CT molecular complexity index is 689. The van der Waals surface area contributed by atoms with Gasteiger partial charge in [0, 0.05) is 29.4 Å². The number of benzene rings is 1. The van der Waals surface area contributed by atoms with Gasteiger partial charge in [0.2, 0.25) is 0 Å². The molecule has 5 heteroatoms. The summed E-state index contributed by atoms with van der Waals surface area (Å²) in [5, 5.41) is 6.07. The van der Waals surface area contributed by atoms with E-state index in [2.05, 4.69) is 10.3 Å². The molecule has 3 aromatic rings. The van der Waals surface area contributed by atoms with Crippen molar-refractivity contribution in [2.24, 2.45) is 0 Å². The van der Waals surface area contributed by atoms with E-state index in [-0.39, 0.29) is 0 Å². The van der Waals surface area contributed by atoms with Crippen molar-refractivity contribution >= 4 is 39.7 Å². The molecule has 1 N–H and O–H groups in total. The van der Waals surface area contributed by atoms with E-state index in [1.54, 1.807) is 11.3 Å². The van der Waals surface area contributed by atoms with Crippen molar-refractivity contribution < 1.29 is 4.42 Å². The molecule has 2 heterocycles. The quantitative estimate of drug-likeness (QED) is 0.768. The molecule has 18 heavy (non-hydrogen) atoms. The van der Waals surface area contributed by atoms with Crippen molar-refractivity contribution in [3.63, 3.8) is 0 Å². The second-order valence-electron chi connectivity index (χ2n) is 4.00. The normalized spacial score (nSPS) is 11.0. The van der Waals surface area contributed by atoms with Gasteiger partial charge in [0.05, 0.1) is 5.02 Å². The SMILES string of the molecule is Cc1nc2cc(NCc3cc(Cl)cs3)ccc2o1. The van der Waals surface area contributed by atoms with Crippen molar-refractivity contribution in [3.05, 3.63) is 45.4 Å². The van der Waals surface area contributed by atoms with Crippen molar-refractivity contribution in [1.82, 2.24) is 4.98 Å². The second-order valence-corrected chi connectivity index (χ2v) is 5.43. The largest absolute Gasteiger partial charge is 0.441 e. The zero-order valence-electron chi connectivity index (χ0n) is 9.74. The fourth-order valence-electron chi connectivity index (χ4n) is 1.79. The van der Waals surface area contributed by atoms with Gasteiger partial charge in [-0.05, 0) is 24.3 Å². The summed E-state index contributed by atoms with van der Waals surface area (Å²) in [6.07, 6.45) is 0. The van der Waals surface area contributed by atoms with Crippen LogP contribution in [-0.4, -0.2) is 4.98 Å². The predicted octanol–water partition coefficient (Wildman–Crippen LogP) is 4.46. The summed E-state index contributed by atoms with van der Waals surface area (Å²) in [7, 11) is 0. The van der Waals surface area contributed by atoms with Gasteiger partial charge in [0.25, 0.3) is 0 Å². The number of nitrogens with zero attached hydrogens (tertiary/aromatic N) is 1. The lowest BCUT2D eigenvalue weighted by atomic mass is 10.3. The third-order valence-electron chi connectivity index (χ3n) is 2.58. The molecular formula is C13H11ClN2OS. The van der Waals surface area contributed by atoms with Crippen molar-refractivity contribution in [2.45, 2.75) is 13.5 Å². The lowest BCUT2D eigenvalue weighted by Gasteiger charge is -2.03. The molecule has 0 aliphatic carbocycles. The summed E-state index contributed by atoms with van der Waals surface area (Å²) in [6, 6.07) is 7.88. The maximum absolute atomic E-state index is 5.88. The van der Waals surface area contributed by atoms with Gasteiger partial charge in [-0.25, -0.2) is 4.98 Å². The molecule has 0 saturated carbocycles. The van der Waals surface area contributed by atoms with Crippen LogP contribution in [0.1, 0.15) is 10.8 Å². The Morgan fingerprint density at radius 2 is 2.28 bits per heavy atom. The number of aromatic nitrogens is 1. The first-order valence-corrected chi connectivity index (χ1v) is 6.80. The molecule has 1 aromatic carbocycles. The van der Waals surface area contributed by atoms with E-state index >= 15 is 0 Å². The van der Waals surface area contributed by atoms with Crippen LogP contribution < -0.4 is 5.32 Å². The fraction of sp³-hybridized carbons (Fsp3) is 0.154. The Kier molecular flexibility index (Phi) is 2.97. The lowest BCUT2D eigenvalue weighted by Crippen LogP contribution is -1.96. The van der Waals surface area contributed by atoms with Crippen LogP contribution in [0.4, 0.5) is 5.69 Å². The molecule has 0 amide bonds. The molecule has 0 saturated heterocycles. The van der Waals surface area contributed by atoms with E-state index in [0.29, 0.717) is 5.89 Å². The number of hydrogen-bond acceptors (Lipinski definition) is 4. The van der Waals surface area contributed by atoms with Gasteiger partial charge in [-0.15, -0.1) is 11.3 Å². The summed E-state index contributed by atoms with van der Waals surface area (Å²) in [4.78, 5) is 5.51. The highest BCUT2D eigenvalue weighted by Crippen LogP contribution is 2.22. The number of oxazole rings is 1. The van der Waals surface area contributed by atoms with E-state index in [1.807, 2.05) is 36.6 Å². The number of anilines is 1. The topological polar surface area (TPSA) is 38.1 Å². The number of aryl methyl sites for hydroxylation is 1. The van der Waals surface area contributed by atoms with E-state index in [1.165, 1.54) is 4.88 Å². The number of fused-ring (bicyclic) bond motifs is 1. The molecular weight excluding hydrogens is 268 g/mol. The highest BCUT2D eigenvalue weighted by molar-refractivity contribution is 7.10. The minimum Gasteiger partial charge on any atom is -0.441 e. The molecule has 92 valence electrons. The summed E-state index contributed by atoms with van der Waals surface area (Å²) in [6.45, 7) is 2.61. The third-order valence-corrected chi connectivity index (χ3v) is 3.87. The Hall–Kier alpha value is -1.52. The van der Waals surface area contributed by atoms with Crippen LogP contribution in [0.25, 0.3) is 11.1 Å². The van der Waals surface area contributed by atoms with Gasteiger partial charge in [0.15, 0.2) is 11.5 Å². The van der Waals surface area contributed by atoms with E-state index in [9.17, 15) is 0 Å². The maximum atomic E-state index is 5.88. The van der Waals surface area contributed by atoms with Crippen molar-refractivity contribution in [3.8, 4) is 0 Å².